The van der Waals surface area contributed by atoms with Gasteiger partial charge >= 0.3 is 6.18 Å². The first-order chi connectivity index (χ1) is 15.1. The Hall–Kier alpha value is -2.13. The molecule has 3 aliphatic rings. The highest BCUT2D eigenvalue weighted by molar-refractivity contribution is 7.92. The fourth-order valence-corrected chi connectivity index (χ4v) is 6.58. The van der Waals surface area contributed by atoms with Crippen molar-refractivity contribution < 1.29 is 26.0 Å². The van der Waals surface area contributed by atoms with Crippen LogP contribution in [0.2, 0.25) is 0 Å². The van der Waals surface area contributed by atoms with Gasteiger partial charge in [-0.2, -0.15) is 13.2 Å². The zero-order valence-electron chi connectivity index (χ0n) is 17.4. The molecule has 5 rings (SSSR count). The van der Waals surface area contributed by atoms with Gasteiger partial charge < -0.3 is 4.90 Å². The third kappa shape index (κ3) is 3.79. The summed E-state index contributed by atoms with van der Waals surface area (Å²) in [5, 5.41) is 0. The predicted molar refractivity (Wildman–Crippen MR) is 112 cm³/mol. The predicted octanol–water partition coefficient (Wildman–Crippen LogP) is 4.80. The van der Waals surface area contributed by atoms with E-state index < -0.39 is 33.0 Å². The quantitative estimate of drug-likeness (QED) is 0.606. The summed E-state index contributed by atoms with van der Waals surface area (Å²) in [4.78, 5) is 2.19. The summed E-state index contributed by atoms with van der Waals surface area (Å²) in [5.41, 5.74) is -0.294. The van der Waals surface area contributed by atoms with Gasteiger partial charge in [-0.1, -0.05) is 0 Å². The minimum absolute atomic E-state index is 0.173. The fourth-order valence-electron chi connectivity index (χ4n) is 5.01. The van der Waals surface area contributed by atoms with Gasteiger partial charge in [0.05, 0.1) is 16.1 Å². The van der Waals surface area contributed by atoms with E-state index in [1.54, 1.807) is 0 Å². The fraction of sp³-hybridized carbons (Fsp3) is 0.478. The monoisotopic (exact) mass is 468 g/mol. The van der Waals surface area contributed by atoms with E-state index in [4.69, 9.17) is 0 Å². The Morgan fingerprint density at radius 3 is 2.25 bits per heavy atom. The van der Waals surface area contributed by atoms with Gasteiger partial charge in [-0.3, -0.25) is 4.31 Å². The average Bonchev–Trinajstić information content (AvgIpc) is 3.51. The third-order valence-electron chi connectivity index (χ3n) is 7.04. The van der Waals surface area contributed by atoms with Crippen LogP contribution in [-0.2, 0) is 21.6 Å². The highest BCUT2D eigenvalue weighted by Crippen LogP contribution is 2.49. The summed E-state index contributed by atoms with van der Waals surface area (Å²) < 4.78 is 81.0. The van der Waals surface area contributed by atoms with Gasteiger partial charge in [-0.05, 0) is 92.7 Å². The Labute approximate surface area is 184 Å². The lowest BCUT2D eigenvalue weighted by molar-refractivity contribution is -0.137. The molecular formula is C23H24F4N2O2S. The van der Waals surface area contributed by atoms with Crippen molar-refractivity contribution in [2.45, 2.75) is 42.2 Å². The first-order valence-corrected chi connectivity index (χ1v) is 12.2. The number of anilines is 1. The van der Waals surface area contributed by atoms with E-state index in [1.165, 1.54) is 35.3 Å². The molecule has 0 N–H and O–H groups in total. The van der Waals surface area contributed by atoms with Gasteiger partial charge in [-0.25, -0.2) is 12.8 Å². The third-order valence-corrected chi connectivity index (χ3v) is 8.82. The summed E-state index contributed by atoms with van der Waals surface area (Å²) in [7, 11) is -4.10. The van der Waals surface area contributed by atoms with Gasteiger partial charge in [-0.15, -0.1) is 0 Å². The SMILES string of the molecule is O=S(=O)(c1ccc(C(F)(F)F)cc1)N1CC2(CCN(CC3CC3)CC2)c2cc(F)ccc21. The molecule has 9 heteroatoms. The maximum Gasteiger partial charge on any atom is 0.416 e. The number of alkyl halides is 3. The number of likely N-dealkylation sites (tertiary alicyclic amines) is 1. The number of sulfonamides is 1. The lowest BCUT2D eigenvalue weighted by Gasteiger charge is -2.40. The Morgan fingerprint density at radius 1 is 1.00 bits per heavy atom. The molecule has 0 aromatic heterocycles. The molecule has 0 atom stereocenters. The van der Waals surface area contributed by atoms with Crippen LogP contribution < -0.4 is 4.31 Å². The standard InChI is InChI=1S/C23H24F4N2O2S/c24-18-5-8-21-20(13-18)22(9-11-28(12-10-22)14-16-1-2-16)15-29(21)32(30,31)19-6-3-17(4-7-19)23(25,26)27/h3-8,13,16H,1-2,9-12,14-15H2. The van der Waals surface area contributed by atoms with Crippen LogP contribution in [0.4, 0.5) is 23.2 Å². The molecule has 1 saturated carbocycles. The van der Waals surface area contributed by atoms with Crippen molar-refractivity contribution in [1.29, 1.82) is 0 Å². The number of nitrogens with zero attached hydrogens (tertiary/aromatic N) is 2. The molecule has 2 aromatic carbocycles. The van der Waals surface area contributed by atoms with Gasteiger partial charge in [0.25, 0.3) is 10.0 Å². The number of hydrogen-bond donors (Lipinski definition) is 0. The van der Waals surface area contributed by atoms with Crippen molar-refractivity contribution in [1.82, 2.24) is 4.90 Å². The second-order valence-corrected chi connectivity index (χ2v) is 11.1. The summed E-state index contributed by atoms with van der Waals surface area (Å²) in [5.74, 6) is 0.339. The van der Waals surface area contributed by atoms with Gasteiger partial charge in [0.2, 0.25) is 0 Å². The van der Waals surface area contributed by atoms with Crippen LogP contribution >= 0.6 is 0 Å². The molecule has 172 valence electrons. The minimum Gasteiger partial charge on any atom is -0.303 e. The molecule has 32 heavy (non-hydrogen) atoms. The zero-order valence-corrected chi connectivity index (χ0v) is 18.2. The highest BCUT2D eigenvalue weighted by atomic mass is 32.2. The summed E-state index contributed by atoms with van der Waals surface area (Å²) in [6.07, 6.45) is -0.591. The van der Waals surface area contributed by atoms with Crippen molar-refractivity contribution in [3.63, 3.8) is 0 Å². The number of fused-ring (bicyclic) bond motifs is 2. The topological polar surface area (TPSA) is 40.6 Å². The first kappa shape index (κ1) is 21.7. The number of benzene rings is 2. The molecule has 2 fully saturated rings. The molecule has 2 aliphatic heterocycles. The number of rotatable bonds is 4. The molecule has 0 unspecified atom stereocenters. The number of hydrogen-bond acceptors (Lipinski definition) is 3. The van der Waals surface area contributed by atoms with Crippen molar-refractivity contribution >= 4 is 15.7 Å². The van der Waals surface area contributed by atoms with Crippen molar-refractivity contribution in [2.75, 3.05) is 30.5 Å². The highest BCUT2D eigenvalue weighted by Gasteiger charge is 2.48. The molecule has 2 heterocycles. The van der Waals surface area contributed by atoms with Crippen molar-refractivity contribution in [2.24, 2.45) is 5.92 Å². The Bertz CT molecular complexity index is 1120. The number of piperidine rings is 1. The Kier molecular flexibility index (Phi) is 5.05. The average molecular weight is 469 g/mol. The lowest BCUT2D eigenvalue weighted by Crippen LogP contribution is -2.46. The van der Waals surface area contributed by atoms with Crippen LogP contribution in [0.5, 0.6) is 0 Å². The molecule has 1 spiro atoms. The van der Waals surface area contributed by atoms with E-state index in [9.17, 15) is 26.0 Å². The van der Waals surface area contributed by atoms with E-state index in [0.717, 1.165) is 62.7 Å². The molecule has 1 aliphatic carbocycles. The molecule has 0 bridgehead atoms. The second-order valence-electron chi connectivity index (χ2n) is 9.22. The van der Waals surface area contributed by atoms with E-state index >= 15 is 0 Å². The van der Waals surface area contributed by atoms with Gasteiger partial charge in [0.1, 0.15) is 5.82 Å². The van der Waals surface area contributed by atoms with E-state index in [1.807, 2.05) is 0 Å². The summed E-state index contributed by atoms with van der Waals surface area (Å²) in [6, 6.07) is 7.66. The molecular weight excluding hydrogens is 444 g/mol. The number of halogens is 4. The van der Waals surface area contributed by atoms with Crippen molar-refractivity contribution in [3.8, 4) is 0 Å². The van der Waals surface area contributed by atoms with E-state index in [0.29, 0.717) is 11.3 Å². The van der Waals surface area contributed by atoms with Crippen LogP contribution in [0.25, 0.3) is 0 Å². The summed E-state index contributed by atoms with van der Waals surface area (Å²) in [6.45, 7) is 2.87. The van der Waals surface area contributed by atoms with E-state index in [2.05, 4.69) is 4.90 Å². The van der Waals surface area contributed by atoms with Gasteiger partial charge in [0.15, 0.2) is 0 Å². The zero-order chi connectivity index (χ0) is 22.7. The largest absolute Gasteiger partial charge is 0.416 e. The molecule has 0 amide bonds. The maximum absolute atomic E-state index is 14.2. The van der Waals surface area contributed by atoms with Crippen LogP contribution in [0.15, 0.2) is 47.4 Å². The van der Waals surface area contributed by atoms with E-state index in [-0.39, 0.29) is 11.4 Å². The van der Waals surface area contributed by atoms with Crippen LogP contribution in [-0.4, -0.2) is 39.5 Å². The van der Waals surface area contributed by atoms with Gasteiger partial charge in [0, 0.05) is 18.5 Å². The minimum atomic E-state index is -4.54. The van der Waals surface area contributed by atoms with Crippen LogP contribution in [0, 0.1) is 11.7 Å². The summed E-state index contributed by atoms with van der Waals surface area (Å²) >= 11 is 0. The van der Waals surface area contributed by atoms with Crippen molar-refractivity contribution in [3.05, 3.63) is 59.4 Å². The smallest absolute Gasteiger partial charge is 0.303 e. The maximum atomic E-state index is 14.2. The second kappa shape index (κ2) is 7.45. The molecule has 4 nitrogen and oxygen atoms in total. The Balaban J connectivity index is 1.46. The lowest BCUT2D eigenvalue weighted by atomic mass is 9.74. The van der Waals surface area contributed by atoms with Crippen LogP contribution in [0.3, 0.4) is 0 Å². The molecule has 0 radical (unpaired) electrons. The molecule has 2 aromatic rings. The first-order valence-electron chi connectivity index (χ1n) is 10.8. The van der Waals surface area contributed by atoms with Crippen LogP contribution in [0.1, 0.15) is 36.8 Å². The molecule has 1 saturated heterocycles. The normalized spacial score (nSPS) is 21.2. The Morgan fingerprint density at radius 2 is 1.66 bits per heavy atom.